The van der Waals surface area contributed by atoms with Crippen molar-refractivity contribution in [2.75, 3.05) is 19.6 Å². The van der Waals surface area contributed by atoms with Gasteiger partial charge in [-0.1, -0.05) is 18.2 Å². The topological polar surface area (TPSA) is 72.3 Å². The standard InChI is InChI=1S/C16H20N4O/c1-12(21)20-8-6-16(7-9-20,11-19-17)14-10-18-15-5-3-2-4-13(14)15/h2-5,10,17-18H,6-9,11H2,1H3. The van der Waals surface area contributed by atoms with Crippen LogP contribution in [0.5, 0.6) is 0 Å². The third-order valence-electron chi connectivity index (χ3n) is 4.71. The van der Waals surface area contributed by atoms with E-state index in [0.717, 1.165) is 31.4 Å². The molecule has 1 amide bonds. The molecule has 21 heavy (non-hydrogen) atoms. The number of H-pyrrole nitrogens is 1. The fourth-order valence-corrected chi connectivity index (χ4v) is 3.42. The predicted octanol–water partition coefficient (Wildman–Crippen LogP) is 3.08. The van der Waals surface area contributed by atoms with Crippen LogP contribution in [-0.4, -0.2) is 35.4 Å². The van der Waals surface area contributed by atoms with Crippen LogP contribution in [0.25, 0.3) is 10.9 Å². The molecular formula is C16H20N4O. The number of benzene rings is 1. The first kappa shape index (κ1) is 13.8. The molecule has 1 fully saturated rings. The monoisotopic (exact) mass is 284 g/mol. The van der Waals surface area contributed by atoms with Gasteiger partial charge in [-0.05, 0) is 24.5 Å². The molecule has 1 aliphatic heterocycles. The van der Waals surface area contributed by atoms with Crippen LogP contribution in [0.2, 0.25) is 0 Å². The molecule has 2 aromatic rings. The second kappa shape index (κ2) is 5.31. The van der Waals surface area contributed by atoms with Crippen molar-refractivity contribution in [3.63, 3.8) is 0 Å². The van der Waals surface area contributed by atoms with Gasteiger partial charge in [-0.25, -0.2) is 5.53 Å². The van der Waals surface area contributed by atoms with E-state index in [1.54, 1.807) is 6.92 Å². The maximum absolute atomic E-state index is 11.5. The number of para-hydroxylation sites is 1. The molecule has 1 saturated heterocycles. The molecule has 2 heterocycles. The van der Waals surface area contributed by atoms with Crippen LogP contribution < -0.4 is 0 Å². The Bertz CT molecular complexity index is 668. The maximum Gasteiger partial charge on any atom is 0.219 e. The van der Waals surface area contributed by atoms with Gasteiger partial charge in [0.25, 0.3) is 0 Å². The van der Waals surface area contributed by atoms with E-state index in [9.17, 15) is 4.79 Å². The Morgan fingerprint density at radius 2 is 2.10 bits per heavy atom. The summed E-state index contributed by atoms with van der Waals surface area (Å²) in [6.45, 7) is 3.59. The predicted molar refractivity (Wildman–Crippen MR) is 81.5 cm³/mol. The fourth-order valence-electron chi connectivity index (χ4n) is 3.42. The number of nitrogens with one attached hydrogen (secondary N) is 2. The molecule has 0 radical (unpaired) electrons. The number of hydrogen-bond donors (Lipinski definition) is 2. The van der Waals surface area contributed by atoms with Gasteiger partial charge < -0.3 is 9.88 Å². The van der Waals surface area contributed by atoms with Crippen molar-refractivity contribution in [3.8, 4) is 0 Å². The Labute approximate surface area is 123 Å². The Kier molecular flexibility index (Phi) is 3.49. The van der Waals surface area contributed by atoms with E-state index in [4.69, 9.17) is 5.53 Å². The Morgan fingerprint density at radius 1 is 1.38 bits per heavy atom. The highest BCUT2D eigenvalue weighted by Gasteiger charge is 2.38. The van der Waals surface area contributed by atoms with Gasteiger partial charge in [0, 0.05) is 42.5 Å². The number of likely N-dealkylation sites (tertiary alicyclic amines) is 1. The van der Waals surface area contributed by atoms with Gasteiger partial charge in [-0.2, -0.15) is 5.11 Å². The first-order chi connectivity index (χ1) is 10.2. The SMILES string of the molecule is CC(=O)N1CCC(CN=N)(c2c[nH]c3ccccc23)CC1. The number of amides is 1. The van der Waals surface area contributed by atoms with Crippen LogP contribution >= 0.6 is 0 Å². The Hall–Kier alpha value is -2.17. The number of aromatic amines is 1. The number of nitrogens with zero attached hydrogens (tertiary/aromatic N) is 2. The van der Waals surface area contributed by atoms with Crippen molar-refractivity contribution >= 4 is 16.8 Å². The quantitative estimate of drug-likeness (QED) is 0.835. The molecule has 0 aliphatic carbocycles. The molecule has 110 valence electrons. The number of aromatic nitrogens is 1. The molecule has 5 heteroatoms. The van der Waals surface area contributed by atoms with Crippen LogP contribution in [0.15, 0.2) is 35.6 Å². The highest BCUT2D eigenvalue weighted by atomic mass is 16.2. The summed E-state index contributed by atoms with van der Waals surface area (Å²) in [5, 5.41) is 4.90. The number of carbonyl (C=O) groups is 1. The van der Waals surface area contributed by atoms with Crippen LogP contribution in [-0.2, 0) is 10.2 Å². The van der Waals surface area contributed by atoms with Gasteiger partial charge in [0.2, 0.25) is 5.91 Å². The molecule has 1 aliphatic rings. The maximum atomic E-state index is 11.5. The van der Waals surface area contributed by atoms with Gasteiger partial charge in [-0.3, -0.25) is 4.79 Å². The lowest BCUT2D eigenvalue weighted by molar-refractivity contribution is -0.130. The van der Waals surface area contributed by atoms with Crippen molar-refractivity contribution in [2.24, 2.45) is 5.11 Å². The van der Waals surface area contributed by atoms with Gasteiger partial charge in [0.15, 0.2) is 0 Å². The zero-order valence-corrected chi connectivity index (χ0v) is 12.2. The third kappa shape index (κ3) is 2.33. The Balaban J connectivity index is 1.98. The Morgan fingerprint density at radius 3 is 2.76 bits per heavy atom. The van der Waals surface area contributed by atoms with Gasteiger partial charge in [0.05, 0.1) is 6.54 Å². The van der Waals surface area contributed by atoms with Gasteiger partial charge in [0.1, 0.15) is 0 Å². The molecule has 1 aromatic carbocycles. The molecule has 2 N–H and O–H groups in total. The molecule has 0 saturated carbocycles. The minimum Gasteiger partial charge on any atom is -0.361 e. The normalized spacial score (nSPS) is 17.9. The van der Waals surface area contributed by atoms with E-state index in [2.05, 4.69) is 28.4 Å². The summed E-state index contributed by atoms with van der Waals surface area (Å²) >= 11 is 0. The molecule has 0 atom stereocenters. The molecule has 0 spiro atoms. The van der Waals surface area contributed by atoms with Crippen molar-refractivity contribution < 1.29 is 4.79 Å². The van der Waals surface area contributed by atoms with E-state index in [-0.39, 0.29) is 11.3 Å². The number of piperidine rings is 1. The summed E-state index contributed by atoms with van der Waals surface area (Å²) in [6, 6.07) is 8.23. The average Bonchev–Trinajstić information content (AvgIpc) is 2.92. The van der Waals surface area contributed by atoms with E-state index >= 15 is 0 Å². The molecule has 0 unspecified atom stereocenters. The third-order valence-corrected chi connectivity index (χ3v) is 4.71. The number of rotatable bonds is 3. The van der Waals surface area contributed by atoms with Crippen LogP contribution in [0.4, 0.5) is 0 Å². The summed E-state index contributed by atoms with van der Waals surface area (Å²) in [5.74, 6) is 0.130. The van der Waals surface area contributed by atoms with Crippen LogP contribution in [0.1, 0.15) is 25.3 Å². The minimum atomic E-state index is -0.132. The number of carbonyl (C=O) groups excluding carboxylic acids is 1. The zero-order valence-electron chi connectivity index (χ0n) is 12.2. The van der Waals surface area contributed by atoms with Gasteiger partial charge in [-0.15, -0.1) is 0 Å². The minimum absolute atomic E-state index is 0.130. The molecular weight excluding hydrogens is 264 g/mol. The van der Waals surface area contributed by atoms with E-state index < -0.39 is 0 Å². The van der Waals surface area contributed by atoms with Gasteiger partial charge >= 0.3 is 0 Å². The number of hydrogen-bond acceptors (Lipinski definition) is 3. The highest BCUT2D eigenvalue weighted by Crippen LogP contribution is 2.39. The second-order valence-electron chi connectivity index (χ2n) is 5.85. The summed E-state index contributed by atoms with van der Waals surface area (Å²) in [7, 11) is 0. The fraction of sp³-hybridized carbons (Fsp3) is 0.438. The largest absolute Gasteiger partial charge is 0.361 e. The zero-order chi connectivity index (χ0) is 14.9. The average molecular weight is 284 g/mol. The summed E-state index contributed by atoms with van der Waals surface area (Å²) < 4.78 is 0. The lowest BCUT2D eigenvalue weighted by Crippen LogP contribution is -2.45. The van der Waals surface area contributed by atoms with E-state index in [1.165, 1.54) is 10.9 Å². The number of fused-ring (bicyclic) bond motifs is 1. The molecule has 1 aromatic heterocycles. The second-order valence-corrected chi connectivity index (χ2v) is 5.85. The van der Waals surface area contributed by atoms with Crippen LogP contribution in [0, 0.1) is 5.53 Å². The van der Waals surface area contributed by atoms with E-state index in [0.29, 0.717) is 6.54 Å². The summed E-state index contributed by atoms with van der Waals surface area (Å²) in [4.78, 5) is 16.7. The lowest BCUT2D eigenvalue weighted by atomic mass is 9.72. The first-order valence-electron chi connectivity index (χ1n) is 7.32. The smallest absolute Gasteiger partial charge is 0.219 e. The summed E-state index contributed by atoms with van der Waals surface area (Å²) in [5.41, 5.74) is 9.56. The lowest BCUT2D eigenvalue weighted by Gasteiger charge is -2.40. The van der Waals surface area contributed by atoms with Crippen molar-refractivity contribution in [2.45, 2.75) is 25.2 Å². The molecule has 5 nitrogen and oxygen atoms in total. The van der Waals surface area contributed by atoms with Crippen LogP contribution in [0.3, 0.4) is 0 Å². The highest BCUT2D eigenvalue weighted by molar-refractivity contribution is 5.84. The van der Waals surface area contributed by atoms with Crippen molar-refractivity contribution in [3.05, 3.63) is 36.0 Å². The van der Waals surface area contributed by atoms with Crippen molar-refractivity contribution in [1.29, 1.82) is 5.53 Å². The molecule has 0 bridgehead atoms. The van der Waals surface area contributed by atoms with E-state index in [1.807, 2.05) is 17.0 Å². The summed E-state index contributed by atoms with van der Waals surface area (Å²) in [6.07, 6.45) is 3.77. The first-order valence-corrected chi connectivity index (χ1v) is 7.32. The molecule has 3 rings (SSSR count). The van der Waals surface area contributed by atoms with Crippen molar-refractivity contribution in [1.82, 2.24) is 9.88 Å².